The molecule has 2 aromatic carbocycles. The van der Waals surface area contributed by atoms with Gasteiger partial charge in [-0.15, -0.1) is 0 Å². The van der Waals surface area contributed by atoms with Gasteiger partial charge in [0, 0.05) is 44.2 Å². The number of rotatable bonds is 14. The lowest BCUT2D eigenvalue weighted by molar-refractivity contribution is -0.133. The number of carbonyl (C=O) groups excluding carboxylic acids is 2. The largest absolute Gasteiger partial charge is 0.370 e. The van der Waals surface area contributed by atoms with Gasteiger partial charge >= 0.3 is 0 Å². The predicted molar refractivity (Wildman–Crippen MR) is 173 cm³/mol. The number of carbonyl (C=O) groups is 2. The monoisotopic (exact) mass is 586 g/mol. The first-order valence-electron chi connectivity index (χ1n) is 14.6. The lowest BCUT2D eigenvalue weighted by Gasteiger charge is -2.30. The first-order valence-corrected chi connectivity index (χ1v) is 14.6. The highest BCUT2D eigenvalue weighted by Crippen LogP contribution is 2.28. The number of halogens is 1. The van der Waals surface area contributed by atoms with Gasteiger partial charge < -0.3 is 27.0 Å². The third kappa shape index (κ3) is 11.0. The summed E-state index contributed by atoms with van der Waals surface area (Å²) in [6.07, 6.45) is 12.7. The van der Waals surface area contributed by atoms with E-state index in [1.165, 1.54) is 18.2 Å². The van der Waals surface area contributed by atoms with Crippen LogP contribution in [-0.2, 0) is 9.59 Å². The minimum Gasteiger partial charge on any atom is -0.370 e. The van der Waals surface area contributed by atoms with Crippen LogP contribution >= 0.6 is 0 Å². The van der Waals surface area contributed by atoms with Gasteiger partial charge in [-0.05, 0) is 61.1 Å². The minimum atomic E-state index is -0.460. The Morgan fingerprint density at radius 1 is 1.19 bits per heavy atom. The molecule has 0 aliphatic carbocycles. The molecule has 9 heteroatoms. The van der Waals surface area contributed by atoms with E-state index in [0.29, 0.717) is 45.4 Å². The van der Waals surface area contributed by atoms with E-state index in [0.717, 1.165) is 16.7 Å². The Balaban J connectivity index is 1.76. The number of guanidine groups is 1. The summed E-state index contributed by atoms with van der Waals surface area (Å²) in [7, 11) is 0. The molecule has 3 unspecified atom stereocenters. The molecule has 3 atom stereocenters. The van der Waals surface area contributed by atoms with Crippen LogP contribution in [0.1, 0.15) is 43.2 Å². The second-order valence-corrected chi connectivity index (χ2v) is 10.4. The van der Waals surface area contributed by atoms with Crippen LogP contribution in [0, 0.1) is 5.82 Å². The highest BCUT2D eigenvalue weighted by Gasteiger charge is 2.32. The predicted octanol–water partition coefficient (Wildman–Crippen LogP) is 4.04. The number of aliphatic imine (C=N–C) groups is 1. The Morgan fingerprint density at radius 3 is 2.60 bits per heavy atom. The van der Waals surface area contributed by atoms with Gasteiger partial charge in [0.25, 0.3) is 0 Å². The second kappa shape index (κ2) is 17.5. The molecule has 8 nitrogen and oxygen atoms in total. The van der Waals surface area contributed by atoms with Gasteiger partial charge in [-0.3, -0.25) is 14.6 Å². The molecule has 1 fully saturated rings. The van der Waals surface area contributed by atoms with Gasteiger partial charge in [-0.2, -0.15) is 0 Å². The van der Waals surface area contributed by atoms with Crippen molar-refractivity contribution >= 4 is 23.8 Å². The molecule has 3 rings (SSSR count). The number of amides is 2. The molecule has 2 amide bonds. The van der Waals surface area contributed by atoms with Gasteiger partial charge in [0.1, 0.15) is 5.82 Å². The van der Waals surface area contributed by atoms with Crippen LogP contribution in [0.3, 0.4) is 0 Å². The van der Waals surface area contributed by atoms with E-state index < -0.39 is 6.04 Å². The van der Waals surface area contributed by atoms with Gasteiger partial charge in [-0.25, -0.2) is 4.39 Å². The molecule has 228 valence electrons. The summed E-state index contributed by atoms with van der Waals surface area (Å²) in [5.41, 5.74) is 13.9. The average Bonchev–Trinajstić information content (AvgIpc) is 3.15. The van der Waals surface area contributed by atoms with Crippen LogP contribution in [-0.4, -0.2) is 60.9 Å². The number of nitrogens with one attached hydrogen (secondary N) is 2. The highest BCUT2D eigenvalue weighted by atomic mass is 19.1. The van der Waals surface area contributed by atoms with Crippen LogP contribution in [0.5, 0.6) is 0 Å². The first kappa shape index (κ1) is 33.0. The second-order valence-electron chi connectivity index (χ2n) is 10.4. The number of allylic oxidation sites excluding steroid dienone is 4. The molecule has 1 saturated heterocycles. The zero-order valence-electron chi connectivity index (χ0n) is 24.8. The fourth-order valence-electron chi connectivity index (χ4n) is 5.09. The van der Waals surface area contributed by atoms with Crippen molar-refractivity contribution in [2.75, 3.05) is 26.2 Å². The molecule has 1 heterocycles. The number of hydrogen-bond donors (Lipinski definition) is 4. The Morgan fingerprint density at radius 2 is 1.93 bits per heavy atom. The summed E-state index contributed by atoms with van der Waals surface area (Å²) in [5, 5.41) is 6.42. The zero-order valence-corrected chi connectivity index (χ0v) is 24.8. The molecule has 0 radical (unpaired) electrons. The van der Waals surface area contributed by atoms with E-state index in [1.54, 1.807) is 24.3 Å². The number of hydrogen-bond acceptors (Lipinski definition) is 4. The van der Waals surface area contributed by atoms with E-state index in [9.17, 15) is 14.0 Å². The fourth-order valence-corrected chi connectivity index (χ4v) is 5.09. The fraction of sp³-hybridized carbons (Fsp3) is 0.324. The summed E-state index contributed by atoms with van der Waals surface area (Å²) in [6.45, 7) is 7.67. The Hall–Kier alpha value is -4.50. The van der Waals surface area contributed by atoms with Crippen molar-refractivity contribution in [1.29, 1.82) is 0 Å². The van der Waals surface area contributed by atoms with Crippen LogP contribution in [0.25, 0.3) is 6.08 Å². The number of nitrogens with zero attached hydrogens (tertiary/aromatic N) is 2. The lowest BCUT2D eigenvalue weighted by atomic mass is 9.89. The molecule has 0 aromatic heterocycles. The lowest BCUT2D eigenvalue weighted by Crippen LogP contribution is -2.49. The van der Waals surface area contributed by atoms with Crippen LogP contribution in [0.15, 0.2) is 102 Å². The van der Waals surface area contributed by atoms with Crippen LogP contribution < -0.4 is 22.1 Å². The standard InChI is InChI=1S/C34H43FN6O2/c1-3-9-26(10-4-2)30(27-11-6-5-7-12-27)24-41-22-20-29(40-31(33(41)43)13-8-21-38-34(36)37)23-39-32(42)19-16-25-14-17-28(35)18-15-25/h3-7,9-12,14-19,29-31,40H,1,8,13,20-24H2,2H3,(H,39,42)(H4,36,37,38)/b10-4-,19-16+,26-9+. The smallest absolute Gasteiger partial charge is 0.244 e. The van der Waals surface area contributed by atoms with Crippen molar-refractivity contribution in [2.24, 2.45) is 16.5 Å². The third-order valence-corrected chi connectivity index (χ3v) is 7.24. The maximum Gasteiger partial charge on any atom is 0.244 e. The van der Waals surface area contributed by atoms with Crippen LogP contribution in [0.2, 0.25) is 0 Å². The Kier molecular flexibility index (Phi) is 13.4. The molecule has 0 saturated carbocycles. The molecule has 43 heavy (non-hydrogen) atoms. The van der Waals surface area contributed by atoms with E-state index in [2.05, 4.69) is 40.4 Å². The molecule has 0 bridgehead atoms. The summed E-state index contributed by atoms with van der Waals surface area (Å²) in [4.78, 5) is 32.5. The van der Waals surface area contributed by atoms with Crippen molar-refractivity contribution in [1.82, 2.24) is 15.5 Å². The van der Waals surface area contributed by atoms with E-state index in [4.69, 9.17) is 11.5 Å². The third-order valence-electron chi connectivity index (χ3n) is 7.24. The van der Waals surface area contributed by atoms with Crippen molar-refractivity contribution in [3.63, 3.8) is 0 Å². The summed E-state index contributed by atoms with van der Waals surface area (Å²) in [5.74, 6) is -0.615. The van der Waals surface area contributed by atoms with Crippen molar-refractivity contribution < 1.29 is 14.0 Å². The SMILES string of the molecule is C=C/C=C(\C=C/C)C(CN1CCC(CNC(=O)/C=C/c2ccc(F)cc2)NC(CCCN=C(N)N)C1=O)c1ccccc1. The Labute approximate surface area is 254 Å². The topological polar surface area (TPSA) is 126 Å². The normalized spacial score (nSPS) is 18.4. The molecular formula is C34H43FN6O2. The molecule has 1 aliphatic rings. The molecule has 1 aliphatic heterocycles. The zero-order chi connectivity index (χ0) is 31.0. The Bertz CT molecular complexity index is 1320. The van der Waals surface area contributed by atoms with Gasteiger partial charge in [-0.1, -0.05) is 73.3 Å². The van der Waals surface area contributed by atoms with Crippen molar-refractivity contribution in [3.8, 4) is 0 Å². The van der Waals surface area contributed by atoms with Crippen molar-refractivity contribution in [2.45, 2.75) is 44.2 Å². The highest BCUT2D eigenvalue weighted by molar-refractivity contribution is 5.91. The average molecular weight is 587 g/mol. The summed E-state index contributed by atoms with van der Waals surface area (Å²) >= 11 is 0. The maximum atomic E-state index is 13.9. The minimum absolute atomic E-state index is 0.00842. The van der Waals surface area contributed by atoms with Gasteiger partial charge in [0.05, 0.1) is 6.04 Å². The number of benzene rings is 2. The molecule has 2 aromatic rings. The van der Waals surface area contributed by atoms with E-state index >= 15 is 0 Å². The first-order chi connectivity index (χ1) is 20.8. The van der Waals surface area contributed by atoms with Gasteiger partial charge in [0.15, 0.2) is 5.96 Å². The quantitative estimate of drug-likeness (QED) is 0.0874. The summed E-state index contributed by atoms with van der Waals surface area (Å²) < 4.78 is 13.2. The number of nitrogens with two attached hydrogens (primary N) is 2. The molecule has 6 N–H and O–H groups in total. The molecular weight excluding hydrogens is 543 g/mol. The summed E-state index contributed by atoms with van der Waals surface area (Å²) in [6, 6.07) is 15.5. The van der Waals surface area contributed by atoms with Crippen LogP contribution in [0.4, 0.5) is 4.39 Å². The van der Waals surface area contributed by atoms with E-state index in [1.807, 2.05) is 42.2 Å². The van der Waals surface area contributed by atoms with Gasteiger partial charge in [0.2, 0.25) is 11.8 Å². The van der Waals surface area contributed by atoms with Crippen molar-refractivity contribution in [3.05, 3.63) is 114 Å². The van der Waals surface area contributed by atoms with E-state index in [-0.39, 0.29) is 35.6 Å². The maximum absolute atomic E-state index is 13.9. The molecule has 0 spiro atoms.